The number of amides is 1. The zero-order chi connectivity index (χ0) is 12.0. The van der Waals surface area contributed by atoms with Gasteiger partial charge in [0.2, 0.25) is 0 Å². The number of hydroxylamine groups is 1. The second-order valence-corrected chi connectivity index (χ2v) is 2.85. The maximum Gasteiger partial charge on any atom is 0.332 e. The molecule has 0 heterocycles. The summed E-state index contributed by atoms with van der Waals surface area (Å²) in [6, 6.07) is 6.40. The fourth-order valence-corrected chi connectivity index (χ4v) is 0.987. The quantitative estimate of drug-likeness (QED) is 0.710. The largest absolute Gasteiger partial charge is 0.497 e. The van der Waals surface area contributed by atoms with Crippen LogP contribution >= 0.6 is 0 Å². The molecule has 0 saturated heterocycles. The average molecular weight is 225 g/mol. The maximum absolute atomic E-state index is 11.4. The Labute approximate surface area is 91.7 Å². The Balaban J connectivity index is 2.55. The smallest absolute Gasteiger partial charge is 0.332 e. The van der Waals surface area contributed by atoms with Crippen molar-refractivity contribution in [2.45, 2.75) is 0 Å². The van der Waals surface area contributed by atoms with Gasteiger partial charge in [0, 0.05) is 5.56 Å². The first kappa shape index (κ1) is 12.0. The Morgan fingerprint density at radius 3 is 2.81 bits per heavy atom. The fraction of sp³-hybridized carbons (Fsp3) is 0.200. The number of ether oxygens (including phenoxy) is 1. The van der Waals surface area contributed by atoms with Crippen molar-refractivity contribution < 1.29 is 24.3 Å². The van der Waals surface area contributed by atoms with E-state index in [0.29, 0.717) is 11.3 Å². The molecule has 86 valence electrons. The lowest BCUT2D eigenvalue weighted by molar-refractivity contribution is -0.144. The summed E-state index contributed by atoms with van der Waals surface area (Å²) in [5.41, 5.74) is 2.33. The van der Waals surface area contributed by atoms with Gasteiger partial charge in [0.25, 0.3) is 5.91 Å². The molecule has 0 bridgehead atoms. The van der Waals surface area contributed by atoms with E-state index in [4.69, 9.17) is 9.84 Å². The van der Waals surface area contributed by atoms with Crippen LogP contribution in [0.3, 0.4) is 0 Å². The molecule has 6 heteroatoms. The standard InChI is InChI=1S/C10H11NO5/c1-15-8-4-2-3-7(5-8)10(14)11-16-6-9(12)13/h2-5H,6H2,1H3,(H,11,14)(H,12,13). The van der Waals surface area contributed by atoms with E-state index in [9.17, 15) is 9.59 Å². The minimum atomic E-state index is -1.16. The van der Waals surface area contributed by atoms with Crippen LogP contribution in [0.1, 0.15) is 10.4 Å². The van der Waals surface area contributed by atoms with Gasteiger partial charge >= 0.3 is 5.97 Å². The van der Waals surface area contributed by atoms with Crippen LogP contribution in [0, 0.1) is 0 Å². The molecule has 1 rings (SSSR count). The first-order valence-electron chi connectivity index (χ1n) is 4.41. The maximum atomic E-state index is 11.4. The van der Waals surface area contributed by atoms with Gasteiger partial charge in [0.1, 0.15) is 5.75 Å². The first-order valence-corrected chi connectivity index (χ1v) is 4.41. The van der Waals surface area contributed by atoms with Crippen molar-refractivity contribution in [3.05, 3.63) is 29.8 Å². The third kappa shape index (κ3) is 3.58. The molecule has 1 aromatic carbocycles. The molecule has 0 unspecified atom stereocenters. The summed E-state index contributed by atoms with van der Waals surface area (Å²) >= 11 is 0. The van der Waals surface area contributed by atoms with E-state index in [1.807, 2.05) is 5.48 Å². The zero-order valence-electron chi connectivity index (χ0n) is 8.60. The molecule has 0 spiro atoms. The van der Waals surface area contributed by atoms with Gasteiger partial charge in [-0.1, -0.05) is 6.07 Å². The van der Waals surface area contributed by atoms with Gasteiger partial charge in [-0.3, -0.25) is 9.63 Å². The molecular weight excluding hydrogens is 214 g/mol. The first-order chi connectivity index (χ1) is 7.63. The summed E-state index contributed by atoms with van der Waals surface area (Å²) in [7, 11) is 1.48. The number of carboxylic acid groups (broad SMARTS) is 1. The monoisotopic (exact) mass is 225 g/mol. The van der Waals surface area contributed by atoms with E-state index in [1.165, 1.54) is 13.2 Å². The summed E-state index contributed by atoms with van der Waals surface area (Å²) in [5.74, 6) is -1.16. The molecule has 0 aliphatic heterocycles. The fourth-order valence-electron chi connectivity index (χ4n) is 0.987. The van der Waals surface area contributed by atoms with E-state index in [1.54, 1.807) is 18.2 Å². The van der Waals surface area contributed by atoms with Crippen LogP contribution in [0.5, 0.6) is 5.75 Å². The third-order valence-corrected chi connectivity index (χ3v) is 1.69. The topological polar surface area (TPSA) is 84.9 Å². The second-order valence-electron chi connectivity index (χ2n) is 2.85. The average Bonchev–Trinajstić information content (AvgIpc) is 2.28. The number of aliphatic carboxylic acids is 1. The van der Waals surface area contributed by atoms with Crippen LogP contribution in [-0.4, -0.2) is 30.7 Å². The number of carbonyl (C=O) groups excluding carboxylic acids is 1. The minimum Gasteiger partial charge on any atom is -0.497 e. The Morgan fingerprint density at radius 2 is 2.19 bits per heavy atom. The molecule has 0 atom stereocenters. The third-order valence-electron chi connectivity index (χ3n) is 1.69. The Morgan fingerprint density at radius 1 is 1.44 bits per heavy atom. The van der Waals surface area contributed by atoms with Gasteiger partial charge in [-0.25, -0.2) is 10.3 Å². The van der Waals surface area contributed by atoms with E-state index >= 15 is 0 Å². The highest BCUT2D eigenvalue weighted by molar-refractivity contribution is 5.93. The summed E-state index contributed by atoms with van der Waals surface area (Å²) in [6.45, 7) is -0.588. The van der Waals surface area contributed by atoms with Gasteiger partial charge in [0.05, 0.1) is 7.11 Å². The van der Waals surface area contributed by atoms with E-state index in [-0.39, 0.29) is 0 Å². The van der Waals surface area contributed by atoms with E-state index in [0.717, 1.165) is 0 Å². The lowest BCUT2D eigenvalue weighted by atomic mass is 10.2. The number of benzene rings is 1. The Hall–Kier alpha value is -2.08. The molecule has 2 N–H and O–H groups in total. The zero-order valence-corrected chi connectivity index (χ0v) is 8.60. The second kappa shape index (κ2) is 5.72. The van der Waals surface area contributed by atoms with Crippen molar-refractivity contribution in [2.75, 3.05) is 13.7 Å². The van der Waals surface area contributed by atoms with Crippen LogP contribution in [0.25, 0.3) is 0 Å². The molecule has 0 aliphatic carbocycles. The van der Waals surface area contributed by atoms with Gasteiger partial charge in [-0.2, -0.15) is 0 Å². The van der Waals surface area contributed by atoms with E-state index in [2.05, 4.69) is 4.84 Å². The van der Waals surface area contributed by atoms with Gasteiger partial charge < -0.3 is 9.84 Å². The number of hydrogen-bond donors (Lipinski definition) is 2. The van der Waals surface area contributed by atoms with Crippen molar-refractivity contribution in [1.82, 2.24) is 5.48 Å². The van der Waals surface area contributed by atoms with Crippen molar-refractivity contribution in [1.29, 1.82) is 0 Å². The summed E-state index contributed by atoms with van der Waals surface area (Å²) in [4.78, 5) is 26.0. The highest BCUT2D eigenvalue weighted by Crippen LogP contribution is 2.12. The molecule has 0 fully saturated rings. The van der Waals surface area contributed by atoms with Crippen molar-refractivity contribution in [2.24, 2.45) is 0 Å². The van der Waals surface area contributed by atoms with Crippen LogP contribution in [-0.2, 0) is 9.63 Å². The predicted octanol–water partition coefficient (Wildman–Crippen LogP) is 0.441. The summed E-state index contributed by atoms with van der Waals surface area (Å²) < 4.78 is 4.93. The molecule has 0 aromatic heterocycles. The highest BCUT2D eigenvalue weighted by Gasteiger charge is 2.07. The van der Waals surface area contributed by atoms with Crippen molar-refractivity contribution in [3.63, 3.8) is 0 Å². The molecule has 0 saturated carbocycles. The van der Waals surface area contributed by atoms with Crippen molar-refractivity contribution in [3.8, 4) is 5.75 Å². The Bertz CT molecular complexity index is 391. The number of carboxylic acids is 1. The molecule has 6 nitrogen and oxygen atoms in total. The predicted molar refractivity (Wildman–Crippen MR) is 54.0 cm³/mol. The molecule has 0 aliphatic rings. The highest BCUT2D eigenvalue weighted by atomic mass is 16.7. The number of hydrogen-bond acceptors (Lipinski definition) is 4. The van der Waals surface area contributed by atoms with Crippen molar-refractivity contribution >= 4 is 11.9 Å². The number of carbonyl (C=O) groups is 2. The van der Waals surface area contributed by atoms with Gasteiger partial charge in [-0.15, -0.1) is 0 Å². The van der Waals surface area contributed by atoms with E-state index < -0.39 is 18.5 Å². The molecule has 1 amide bonds. The van der Waals surface area contributed by atoms with Crippen LogP contribution in [0.2, 0.25) is 0 Å². The lowest BCUT2D eigenvalue weighted by Gasteiger charge is -2.05. The normalized spacial score (nSPS) is 9.56. The van der Waals surface area contributed by atoms with Crippen LogP contribution in [0.15, 0.2) is 24.3 Å². The minimum absolute atomic E-state index is 0.324. The van der Waals surface area contributed by atoms with Crippen LogP contribution < -0.4 is 10.2 Å². The van der Waals surface area contributed by atoms with Gasteiger partial charge in [-0.05, 0) is 18.2 Å². The number of methoxy groups -OCH3 is 1. The SMILES string of the molecule is COc1cccc(C(=O)NOCC(=O)O)c1. The van der Waals surface area contributed by atoms with Gasteiger partial charge in [0.15, 0.2) is 6.61 Å². The van der Waals surface area contributed by atoms with Crippen LogP contribution in [0.4, 0.5) is 0 Å². The summed E-state index contributed by atoms with van der Waals surface area (Å²) in [6.07, 6.45) is 0. The molecule has 16 heavy (non-hydrogen) atoms. The summed E-state index contributed by atoms with van der Waals surface area (Å²) in [5, 5.41) is 8.28. The molecule has 0 radical (unpaired) electrons. The lowest BCUT2D eigenvalue weighted by Crippen LogP contribution is -2.26. The molecular formula is C10H11NO5. The number of nitrogens with one attached hydrogen (secondary N) is 1. The Kier molecular flexibility index (Phi) is 4.28. The molecule has 1 aromatic rings. The number of rotatable bonds is 5.